The number of hydrogen-bond acceptors (Lipinski definition) is 11. The van der Waals surface area contributed by atoms with Crippen molar-refractivity contribution in [3.63, 3.8) is 0 Å². The summed E-state index contributed by atoms with van der Waals surface area (Å²) in [5.41, 5.74) is 0.252. The van der Waals surface area contributed by atoms with Gasteiger partial charge in [-0.25, -0.2) is 19.0 Å². The zero-order valence-electron chi connectivity index (χ0n) is 24.5. The van der Waals surface area contributed by atoms with Crippen molar-refractivity contribution in [1.29, 1.82) is 0 Å². The number of ether oxygens (including phenoxy) is 1. The number of nitrogens with zero attached hydrogens (tertiary/aromatic N) is 6. The summed E-state index contributed by atoms with van der Waals surface area (Å²) in [6.07, 6.45) is 6.50. The number of carbonyl (C=O) groups excluding carboxylic acids is 1. The Morgan fingerprint density at radius 2 is 1.89 bits per heavy atom. The predicted octanol–water partition coefficient (Wildman–Crippen LogP) is -2.31. The van der Waals surface area contributed by atoms with Crippen LogP contribution in [0.1, 0.15) is 62.3 Å². The zero-order chi connectivity index (χ0) is 30.0. The predicted molar refractivity (Wildman–Crippen MR) is 143 cm³/mol. The Kier molecular flexibility index (Phi) is 14.6. The number of anilines is 1. The average molecular weight is 700 g/mol. The van der Waals surface area contributed by atoms with Crippen LogP contribution in [0.25, 0.3) is 22.0 Å². The number of nitrogens with one attached hydrogen (secondary N) is 1. The third-order valence-electron chi connectivity index (χ3n) is 6.68. The van der Waals surface area contributed by atoms with E-state index in [9.17, 15) is 27.9 Å². The first-order valence-electron chi connectivity index (χ1n) is 13.1. The van der Waals surface area contributed by atoms with Gasteiger partial charge in [0.05, 0.1) is 31.9 Å². The number of phosphoric acid groups is 1. The summed E-state index contributed by atoms with van der Waals surface area (Å²) in [4.78, 5) is 43.0. The van der Waals surface area contributed by atoms with Crippen LogP contribution < -0.4 is 118 Å². The number of thiazole rings is 1. The van der Waals surface area contributed by atoms with E-state index in [2.05, 4.69) is 30.0 Å². The normalized spacial score (nSPS) is 17.4. The second-order valence-corrected chi connectivity index (χ2v) is 11.5. The monoisotopic (exact) mass is 699 g/mol. The second kappa shape index (κ2) is 16.8. The quantitative estimate of drug-likeness (QED) is 0.108. The third kappa shape index (κ3) is 9.71. The van der Waals surface area contributed by atoms with Gasteiger partial charge in [-0.2, -0.15) is 14.6 Å². The maximum Gasteiger partial charge on any atom is 1.00 e. The van der Waals surface area contributed by atoms with Crippen LogP contribution in [0.4, 0.5) is 14.5 Å². The van der Waals surface area contributed by atoms with Gasteiger partial charge in [0.25, 0.3) is 5.91 Å². The molecule has 0 aliphatic heterocycles. The Morgan fingerprint density at radius 1 is 1.16 bits per heavy atom. The summed E-state index contributed by atoms with van der Waals surface area (Å²) in [6, 6.07) is 1.81. The van der Waals surface area contributed by atoms with E-state index in [1.54, 1.807) is 10.9 Å². The first-order valence-corrected chi connectivity index (χ1v) is 15.4. The Balaban J connectivity index is 0.00000264. The molecule has 13 nitrogen and oxygen atoms in total. The summed E-state index contributed by atoms with van der Waals surface area (Å²) in [5, 5.41) is 13.1. The third-order valence-corrected chi connectivity index (χ3v) is 8.13. The molecule has 1 aliphatic rings. The minimum Gasteiger partial charge on any atom is -0.790 e. The molecular formula is C25H26F2K2N7O6PS. The van der Waals surface area contributed by atoms with Crippen LogP contribution in [0.2, 0.25) is 0 Å². The summed E-state index contributed by atoms with van der Waals surface area (Å²) in [7, 11) is -5.23. The molecule has 4 aromatic rings. The molecule has 5 rings (SSSR count). The molecule has 1 N–H and O–H groups in total. The molecule has 1 unspecified atom stereocenters. The first-order chi connectivity index (χ1) is 20.0. The fourth-order valence-corrected chi connectivity index (χ4v) is 5.97. The zero-order valence-corrected chi connectivity index (χ0v) is 32.4. The van der Waals surface area contributed by atoms with E-state index in [4.69, 9.17) is 4.74 Å². The number of halogens is 2. The van der Waals surface area contributed by atoms with Crippen LogP contribution >= 0.6 is 19.2 Å². The molecular weight excluding hydrogens is 674 g/mol. The molecule has 1 amide bonds. The number of rotatable bonds is 10. The molecule has 44 heavy (non-hydrogen) atoms. The number of phosphoric ester groups is 1. The van der Waals surface area contributed by atoms with E-state index < -0.39 is 31.7 Å². The van der Waals surface area contributed by atoms with Gasteiger partial charge in [0, 0.05) is 29.9 Å². The van der Waals surface area contributed by atoms with Gasteiger partial charge in [-0.1, -0.05) is 0 Å². The fourth-order valence-electron chi connectivity index (χ4n) is 4.72. The molecule has 0 spiro atoms. The molecule has 0 bridgehead atoms. The molecule has 1 atom stereocenters. The maximum atomic E-state index is 14.7. The smallest absolute Gasteiger partial charge is 0.790 e. The SMILES string of the molecule is CCOC1CCC(n2cc(NC(=O)c3csc(-c4cnn(C(C)OP(=O)([O-])[O-])c4)n3)c(-c3nc(F)ccc3F)n2)CC1.[K+].[K+]. The number of carbonyl (C=O) groups is 1. The topological polar surface area (TPSA) is 172 Å². The van der Waals surface area contributed by atoms with Gasteiger partial charge in [-0.05, 0) is 51.7 Å². The van der Waals surface area contributed by atoms with Crippen molar-refractivity contribution in [2.24, 2.45) is 0 Å². The van der Waals surface area contributed by atoms with Crippen molar-refractivity contribution in [2.45, 2.75) is 57.9 Å². The maximum absolute atomic E-state index is 14.7. The van der Waals surface area contributed by atoms with Gasteiger partial charge in [0.15, 0.2) is 12.0 Å². The molecule has 224 valence electrons. The van der Waals surface area contributed by atoms with Crippen LogP contribution in [0.3, 0.4) is 0 Å². The number of hydrogen-bond donors (Lipinski definition) is 1. The largest absolute Gasteiger partial charge is 1.00 e. The minimum absolute atomic E-state index is 0. The van der Waals surface area contributed by atoms with Crippen LogP contribution in [0.5, 0.6) is 0 Å². The molecule has 0 radical (unpaired) electrons. The summed E-state index contributed by atoms with van der Waals surface area (Å²) < 4.78 is 52.5. The molecule has 1 aliphatic carbocycles. The van der Waals surface area contributed by atoms with E-state index in [0.717, 1.165) is 53.8 Å². The average Bonchev–Trinajstić information content (AvgIpc) is 3.70. The van der Waals surface area contributed by atoms with Crippen LogP contribution in [0.15, 0.2) is 36.1 Å². The van der Waals surface area contributed by atoms with E-state index in [0.29, 0.717) is 17.2 Å². The molecule has 4 aromatic heterocycles. The van der Waals surface area contributed by atoms with Gasteiger partial charge in [-0.3, -0.25) is 9.48 Å². The number of aromatic nitrogens is 6. The molecule has 19 heteroatoms. The van der Waals surface area contributed by atoms with Crippen molar-refractivity contribution >= 4 is 30.8 Å². The van der Waals surface area contributed by atoms with Crippen molar-refractivity contribution < 1.29 is 140 Å². The van der Waals surface area contributed by atoms with Gasteiger partial charge in [-0.15, -0.1) is 11.3 Å². The van der Waals surface area contributed by atoms with Gasteiger partial charge in [0.1, 0.15) is 22.1 Å². The Labute approximate surface area is 340 Å². The van der Waals surface area contributed by atoms with Crippen molar-refractivity contribution in [1.82, 2.24) is 29.5 Å². The molecule has 4 heterocycles. The van der Waals surface area contributed by atoms with Gasteiger partial charge in [0.2, 0.25) is 5.95 Å². The van der Waals surface area contributed by atoms with Crippen molar-refractivity contribution in [3.8, 4) is 22.0 Å². The van der Waals surface area contributed by atoms with Crippen molar-refractivity contribution in [3.05, 3.63) is 53.6 Å². The van der Waals surface area contributed by atoms with Crippen LogP contribution in [0, 0.1) is 11.8 Å². The van der Waals surface area contributed by atoms with Gasteiger partial charge < -0.3 is 28.9 Å². The number of pyridine rings is 1. The first kappa shape index (κ1) is 38.3. The Morgan fingerprint density at radius 3 is 2.57 bits per heavy atom. The van der Waals surface area contributed by atoms with Gasteiger partial charge >= 0.3 is 103 Å². The number of amides is 1. The van der Waals surface area contributed by atoms with E-state index in [1.807, 2.05) is 6.92 Å². The van der Waals surface area contributed by atoms with E-state index >= 15 is 0 Å². The summed E-state index contributed by atoms with van der Waals surface area (Å²) in [6.45, 7) is 3.90. The minimum atomic E-state index is -5.23. The standard InChI is InChI=1S/C25H28F2N7O6PS.2K/c1-3-39-17-6-4-16(5-7-17)34-12-19(23(32-34)22-18(26)8-9-21(27)31-22)29-24(35)20-13-42-25(30-20)15-10-28-33(11-15)14(2)40-41(36,37)38;;/h8-14,16-17H,3-7H2,1-2H3,(H,29,35)(H2,36,37,38);;/q;2*+1/p-2. The second-order valence-electron chi connectivity index (χ2n) is 9.57. The molecule has 1 saturated carbocycles. The summed E-state index contributed by atoms with van der Waals surface area (Å²) in [5.74, 6) is -2.32. The van der Waals surface area contributed by atoms with Crippen LogP contribution in [-0.4, -0.2) is 48.1 Å². The van der Waals surface area contributed by atoms with E-state index in [-0.39, 0.29) is 138 Å². The summed E-state index contributed by atoms with van der Waals surface area (Å²) >= 11 is 1.12. The van der Waals surface area contributed by atoms with Crippen LogP contribution in [-0.2, 0) is 13.8 Å². The van der Waals surface area contributed by atoms with Crippen molar-refractivity contribution in [2.75, 3.05) is 11.9 Å². The fraction of sp³-hybridized carbons (Fsp3) is 0.400. The Bertz CT molecular complexity index is 1630. The molecule has 1 fully saturated rings. The molecule has 0 aromatic carbocycles. The Hall–Kier alpha value is -0.127. The van der Waals surface area contributed by atoms with E-state index in [1.165, 1.54) is 24.7 Å². The molecule has 0 saturated heterocycles.